The Bertz CT molecular complexity index is 364. The van der Waals surface area contributed by atoms with E-state index in [0.29, 0.717) is 25.2 Å². The molecule has 0 aromatic rings. The lowest BCUT2D eigenvalue weighted by Gasteiger charge is -2.40. The van der Waals surface area contributed by atoms with Crippen LogP contribution in [-0.4, -0.2) is 31.2 Å². The Morgan fingerprint density at radius 1 is 1.65 bits per heavy atom. The van der Waals surface area contributed by atoms with Crippen molar-refractivity contribution in [2.75, 3.05) is 13.7 Å². The number of esters is 1. The van der Waals surface area contributed by atoms with Gasteiger partial charge in [-0.3, -0.25) is 0 Å². The maximum Gasteiger partial charge on any atom is 0.356 e. The number of allylic oxidation sites excluding steroid dienone is 1. The van der Waals surface area contributed by atoms with Crippen LogP contribution in [0.15, 0.2) is 17.3 Å². The first-order valence-corrected chi connectivity index (χ1v) is 5.84. The summed E-state index contributed by atoms with van der Waals surface area (Å²) in [6.07, 6.45) is 6.13. The molecule has 0 bridgehead atoms. The number of carbonyl (C=O) groups is 1. The molecule has 2 aliphatic rings. The van der Waals surface area contributed by atoms with E-state index in [2.05, 4.69) is 11.2 Å². The average molecular weight is 239 g/mol. The van der Waals surface area contributed by atoms with E-state index in [4.69, 9.17) is 14.3 Å². The third-order valence-electron chi connectivity index (χ3n) is 3.22. The molecule has 0 spiro atoms. The van der Waals surface area contributed by atoms with Crippen molar-refractivity contribution in [3.63, 3.8) is 0 Å². The van der Waals surface area contributed by atoms with Gasteiger partial charge < -0.3 is 14.3 Å². The van der Waals surface area contributed by atoms with E-state index >= 15 is 0 Å². The third kappa shape index (κ3) is 2.20. The van der Waals surface area contributed by atoms with Crippen molar-refractivity contribution in [3.05, 3.63) is 12.2 Å². The number of carbonyl (C=O) groups excluding carboxylic acids is 1. The standard InChI is InChI=1S/C12H17NO4/c1-3-16-11(14)10-8-9-6-4-5-7-12(9,15-2)17-13-10/h4-5,9H,3,6-8H2,1-2H3/t9-,12-/m1/s1. The van der Waals surface area contributed by atoms with Gasteiger partial charge in [0.15, 0.2) is 5.71 Å². The molecule has 0 saturated carbocycles. The van der Waals surface area contributed by atoms with E-state index < -0.39 is 11.8 Å². The number of rotatable bonds is 3. The average Bonchev–Trinajstić information content (AvgIpc) is 2.38. The second-order valence-corrected chi connectivity index (χ2v) is 4.18. The Morgan fingerprint density at radius 3 is 3.18 bits per heavy atom. The molecule has 0 aromatic carbocycles. The van der Waals surface area contributed by atoms with Crippen molar-refractivity contribution in [2.45, 2.75) is 32.0 Å². The molecule has 5 heteroatoms. The van der Waals surface area contributed by atoms with Gasteiger partial charge in [-0.1, -0.05) is 17.3 Å². The molecule has 1 aliphatic carbocycles. The molecule has 2 rings (SSSR count). The van der Waals surface area contributed by atoms with Crippen molar-refractivity contribution >= 4 is 11.7 Å². The highest BCUT2D eigenvalue weighted by Crippen LogP contribution is 2.39. The van der Waals surface area contributed by atoms with Gasteiger partial charge in [-0.15, -0.1) is 0 Å². The van der Waals surface area contributed by atoms with E-state index in [9.17, 15) is 4.79 Å². The minimum atomic E-state index is -0.704. The molecular weight excluding hydrogens is 222 g/mol. The van der Waals surface area contributed by atoms with E-state index in [1.165, 1.54) is 0 Å². The molecule has 2 atom stereocenters. The molecule has 0 unspecified atom stereocenters. The molecule has 0 saturated heterocycles. The number of nitrogens with zero attached hydrogens (tertiary/aromatic N) is 1. The Balaban J connectivity index is 2.13. The summed E-state index contributed by atoms with van der Waals surface area (Å²) < 4.78 is 10.4. The highest BCUT2D eigenvalue weighted by atomic mass is 16.8. The van der Waals surface area contributed by atoms with Gasteiger partial charge in [-0.25, -0.2) is 4.79 Å². The summed E-state index contributed by atoms with van der Waals surface area (Å²) in [5.41, 5.74) is 0.347. The molecular formula is C12H17NO4. The Morgan fingerprint density at radius 2 is 2.47 bits per heavy atom. The smallest absolute Gasteiger partial charge is 0.356 e. The molecule has 0 N–H and O–H groups in total. The Labute approximate surface area is 100 Å². The highest BCUT2D eigenvalue weighted by molar-refractivity contribution is 6.36. The second kappa shape index (κ2) is 4.87. The van der Waals surface area contributed by atoms with Gasteiger partial charge in [0.1, 0.15) is 0 Å². The van der Waals surface area contributed by atoms with Crippen LogP contribution in [0.3, 0.4) is 0 Å². The van der Waals surface area contributed by atoms with Crippen LogP contribution in [0.2, 0.25) is 0 Å². The van der Waals surface area contributed by atoms with Gasteiger partial charge in [0, 0.05) is 25.9 Å². The van der Waals surface area contributed by atoms with Crippen LogP contribution >= 0.6 is 0 Å². The first-order chi connectivity index (χ1) is 8.22. The van der Waals surface area contributed by atoms with Crippen molar-refractivity contribution < 1.29 is 19.1 Å². The van der Waals surface area contributed by atoms with Crippen LogP contribution in [0.4, 0.5) is 0 Å². The fourth-order valence-electron chi connectivity index (χ4n) is 2.23. The summed E-state index contributed by atoms with van der Waals surface area (Å²) in [6.45, 7) is 2.11. The molecule has 1 heterocycles. The largest absolute Gasteiger partial charge is 0.461 e. The summed E-state index contributed by atoms with van der Waals surface area (Å²) in [5, 5.41) is 3.86. The van der Waals surface area contributed by atoms with Gasteiger partial charge in [-0.05, 0) is 13.3 Å². The van der Waals surface area contributed by atoms with Crippen molar-refractivity contribution in [2.24, 2.45) is 11.1 Å². The SMILES string of the molecule is CCOC(=O)C1=NO[C@]2(OC)CC=CC[C@@H]2C1. The van der Waals surface area contributed by atoms with Gasteiger partial charge in [0.2, 0.25) is 5.79 Å². The highest BCUT2D eigenvalue weighted by Gasteiger charge is 2.46. The zero-order valence-corrected chi connectivity index (χ0v) is 10.1. The summed E-state index contributed by atoms with van der Waals surface area (Å²) >= 11 is 0. The predicted octanol–water partition coefficient (Wildman–Crippen LogP) is 1.63. The lowest BCUT2D eigenvalue weighted by molar-refractivity contribution is -0.260. The normalized spacial score (nSPS) is 31.2. The third-order valence-corrected chi connectivity index (χ3v) is 3.22. The molecule has 0 amide bonds. The fourth-order valence-corrected chi connectivity index (χ4v) is 2.23. The number of methoxy groups -OCH3 is 1. The maximum atomic E-state index is 11.6. The van der Waals surface area contributed by atoms with Gasteiger partial charge >= 0.3 is 5.97 Å². The summed E-state index contributed by atoms with van der Waals surface area (Å²) in [7, 11) is 1.61. The maximum absolute atomic E-state index is 11.6. The lowest BCUT2D eigenvalue weighted by Crippen LogP contribution is -2.47. The molecule has 0 radical (unpaired) electrons. The number of oxime groups is 1. The minimum Gasteiger partial charge on any atom is -0.461 e. The minimum absolute atomic E-state index is 0.120. The fraction of sp³-hybridized carbons (Fsp3) is 0.667. The van der Waals surface area contributed by atoms with Crippen LogP contribution in [-0.2, 0) is 19.1 Å². The summed E-state index contributed by atoms with van der Waals surface area (Å²) in [5.74, 6) is -0.980. The number of hydrogen-bond acceptors (Lipinski definition) is 5. The molecule has 0 aromatic heterocycles. The topological polar surface area (TPSA) is 57.1 Å². The zero-order chi connectivity index (χ0) is 12.3. The Hall–Kier alpha value is -1.36. The second-order valence-electron chi connectivity index (χ2n) is 4.18. The lowest BCUT2D eigenvalue weighted by atomic mass is 9.83. The Kier molecular flexibility index (Phi) is 3.47. The van der Waals surface area contributed by atoms with E-state index in [-0.39, 0.29) is 5.92 Å². The first-order valence-electron chi connectivity index (χ1n) is 5.84. The molecule has 17 heavy (non-hydrogen) atoms. The van der Waals surface area contributed by atoms with Crippen LogP contribution in [0, 0.1) is 5.92 Å². The van der Waals surface area contributed by atoms with Gasteiger partial charge in [-0.2, -0.15) is 0 Å². The number of hydrogen-bond donors (Lipinski definition) is 0. The van der Waals surface area contributed by atoms with Crippen LogP contribution in [0.25, 0.3) is 0 Å². The van der Waals surface area contributed by atoms with Crippen molar-refractivity contribution in [1.82, 2.24) is 0 Å². The molecule has 1 aliphatic heterocycles. The first kappa shape index (κ1) is 12.1. The molecule has 0 fully saturated rings. The number of fused-ring (bicyclic) bond motifs is 1. The van der Waals surface area contributed by atoms with Crippen LogP contribution < -0.4 is 0 Å². The van der Waals surface area contributed by atoms with Crippen molar-refractivity contribution in [1.29, 1.82) is 0 Å². The molecule has 94 valence electrons. The van der Waals surface area contributed by atoms with E-state index in [1.807, 2.05) is 6.08 Å². The van der Waals surface area contributed by atoms with E-state index in [0.717, 1.165) is 6.42 Å². The van der Waals surface area contributed by atoms with E-state index in [1.54, 1.807) is 14.0 Å². The van der Waals surface area contributed by atoms with Crippen molar-refractivity contribution in [3.8, 4) is 0 Å². The van der Waals surface area contributed by atoms with Gasteiger partial charge in [0.05, 0.1) is 6.61 Å². The molecule has 5 nitrogen and oxygen atoms in total. The number of ether oxygens (including phenoxy) is 2. The van der Waals surface area contributed by atoms with Crippen LogP contribution in [0.5, 0.6) is 0 Å². The predicted molar refractivity (Wildman–Crippen MR) is 61.4 cm³/mol. The quantitative estimate of drug-likeness (QED) is 0.555. The van der Waals surface area contributed by atoms with Crippen LogP contribution in [0.1, 0.15) is 26.2 Å². The zero-order valence-electron chi connectivity index (χ0n) is 10.1. The monoisotopic (exact) mass is 239 g/mol. The summed E-state index contributed by atoms with van der Waals surface area (Å²) in [4.78, 5) is 17.0. The summed E-state index contributed by atoms with van der Waals surface area (Å²) in [6, 6.07) is 0. The van der Waals surface area contributed by atoms with Gasteiger partial charge in [0.25, 0.3) is 0 Å².